The Hall–Kier alpha value is -1.30. The van der Waals surface area contributed by atoms with Crippen LogP contribution in [0, 0.1) is 0 Å². The van der Waals surface area contributed by atoms with Gasteiger partial charge in [0.15, 0.2) is 0 Å². The standard InChI is InChI=1S/C16H20/c1-2-14-10-8-5-9-13-16(14)15-11-6-3-4-7-12-15/h3-4,6-8,10-11H,2,5,9,12-13H2,1H3. The van der Waals surface area contributed by atoms with Crippen molar-refractivity contribution in [3.05, 3.63) is 59.3 Å². The summed E-state index contributed by atoms with van der Waals surface area (Å²) in [4.78, 5) is 0. The van der Waals surface area contributed by atoms with E-state index in [9.17, 15) is 0 Å². The highest BCUT2D eigenvalue weighted by Gasteiger charge is 2.10. The molecule has 0 N–H and O–H groups in total. The third-order valence-corrected chi connectivity index (χ3v) is 3.27. The monoisotopic (exact) mass is 212 g/mol. The van der Waals surface area contributed by atoms with Crippen LogP contribution in [0.15, 0.2) is 59.3 Å². The smallest absolute Gasteiger partial charge is 0.00915 e. The SMILES string of the molecule is CCC1=C(C2=CC=CC=CC2)CCCC=C1. The minimum atomic E-state index is 1.08. The molecule has 0 heteroatoms. The van der Waals surface area contributed by atoms with Crippen molar-refractivity contribution in [3.8, 4) is 0 Å². The molecule has 0 bridgehead atoms. The summed E-state index contributed by atoms with van der Waals surface area (Å²) in [6.07, 6.45) is 21.6. The molecule has 0 spiro atoms. The van der Waals surface area contributed by atoms with Gasteiger partial charge in [0.1, 0.15) is 0 Å². The zero-order valence-electron chi connectivity index (χ0n) is 10.1. The molecule has 84 valence electrons. The Bertz CT molecular complexity index is 386. The third-order valence-electron chi connectivity index (χ3n) is 3.27. The maximum atomic E-state index is 2.33. The van der Waals surface area contributed by atoms with Crippen molar-refractivity contribution >= 4 is 0 Å². The van der Waals surface area contributed by atoms with Crippen LogP contribution in [0.3, 0.4) is 0 Å². The Kier molecular flexibility index (Phi) is 3.98. The highest BCUT2D eigenvalue weighted by atomic mass is 14.2. The molecule has 0 saturated heterocycles. The Morgan fingerprint density at radius 1 is 1.12 bits per heavy atom. The quantitative estimate of drug-likeness (QED) is 0.612. The van der Waals surface area contributed by atoms with Gasteiger partial charge < -0.3 is 0 Å². The van der Waals surface area contributed by atoms with Crippen LogP contribution in [0.2, 0.25) is 0 Å². The predicted octanol–water partition coefficient (Wildman–Crippen LogP) is 4.88. The molecule has 0 heterocycles. The first kappa shape index (κ1) is 11.2. The minimum absolute atomic E-state index is 1.08. The molecule has 0 aromatic carbocycles. The molecule has 0 amide bonds. The molecule has 0 aliphatic heterocycles. The summed E-state index contributed by atoms with van der Waals surface area (Å²) in [6.45, 7) is 2.26. The zero-order valence-corrected chi connectivity index (χ0v) is 10.1. The Labute approximate surface area is 98.8 Å². The minimum Gasteiger partial charge on any atom is -0.0842 e. The van der Waals surface area contributed by atoms with Gasteiger partial charge in [-0.3, -0.25) is 0 Å². The van der Waals surface area contributed by atoms with Gasteiger partial charge in [-0.1, -0.05) is 49.5 Å². The van der Waals surface area contributed by atoms with Crippen molar-refractivity contribution in [3.63, 3.8) is 0 Å². The molecule has 2 aliphatic carbocycles. The van der Waals surface area contributed by atoms with Crippen LogP contribution in [-0.2, 0) is 0 Å². The molecular weight excluding hydrogens is 192 g/mol. The van der Waals surface area contributed by atoms with Gasteiger partial charge in [-0.15, -0.1) is 0 Å². The number of hydrogen-bond acceptors (Lipinski definition) is 0. The highest BCUT2D eigenvalue weighted by Crippen LogP contribution is 2.29. The van der Waals surface area contributed by atoms with Gasteiger partial charge in [0, 0.05) is 0 Å². The van der Waals surface area contributed by atoms with E-state index < -0.39 is 0 Å². The van der Waals surface area contributed by atoms with Crippen molar-refractivity contribution in [2.24, 2.45) is 0 Å². The van der Waals surface area contributed by atoms with Gasteiger partial charge in [-0.25, -0.2) is 0 Å². The molecule has 2 rings (SSSR count). The molecule has 2 aliphatic rings. The topological polar surface area (TPSA) is 0 Å². The predicted molar refractivity (Wildman–Crippen MR) is 71.3 cm³/mol. The molecule has 0 unspecified atom stereocenters. The van der Waals surface area contributed by atoms with Crippen molar-refractivity contribution in [1.29, 1.82) is 0 Å². The fourth-order valence-electron chi connectivity index (χ4n) is 2.38. The first-order valence-electron chi connectivity index (χ1n) is 6.33. The lowest BCUT2D eigenvalue weighted by Gasteiger charge is -2.12. The lowest BCUT2D eigenvalue weighted by molar-refractivity contribution is 0.834. The van der Waals surface area contributed by atoms with Gasteiger partial charge in [-0.05, 0) is 48.8 Å². The molecule has 0 radical (unpaired) electrons. The van der Waals surface area contributed by atoms with Crippen LogP contribution in [-0.4, -0.2) is 0 Å². The normalized spacial score (nSPS) is 20.7. The largest absolute Gasteiger partial charge is 0.0842 e. The van der Waals surface area contributed by atoms with E-state index in [-0.39, 0.29) is 0 Å². The fourth-order valence-corrected chi connectivity index (χ4v) is 2.38. The van der Waals surface area contributed by atoms with Crippen molar-refractivity contribution < 1.29 is 0 Å². The van der Waals surface area contributed by atoms with Gasteiger partial charge in [0.2, 0.25) is 0 Å². The molecule has 0 nitrogen and oxygen atoms in total. The summed E-state index contributed by atoms with van der Waals surface area (Å²) < 4.78 is 0. The van der Waals surface area contributed by atoms with Gasteiger partial charge in [-0.2, -0.15) is 0 Å². The van der Waals surface area contributed by atoms with Crippen molar-refractivity contribution in [1.82, 2.24) is 0 Å². The van der Waals surface area contributed by atoms with Crippen LogP contribution in [0.1, 0.15) is 39.0 Å². The Balaban J connectivity index is 2.32. The van der Waals surface area contributed by atoms with E-state index in [2.05, 4.69) is 49.5 Å². The van der Waals surface area contributed by atoms with E-state index in [1.54, 1.807) is 5.57 Å². The van der Waals surface area contributed by atoms with Crippen molar-refractivity contribution in [2.45, 2.75) is 39.0 Å². The van der Waals surface area contributed by atoms with Crippen LogP contribution >= 0.6 is 0 Å². The van der Waals surface area contributed by atoms with E-state index in [1.807, 2.05) is 0 Å². The Morgan fingerprint density at radius 2 is 2.06 bits per heavy atom. The maximum Gasteiger partial charge on any atom is -0.00915 e. The van der Waals surface area contributed by atoms with Crippen LogP contribution < -0.4 is 0 Å². The van der Waals surface area contributed by atoms with Crippen LogP contribution in [0.25, 0.3) is 0 Å². The number of rotatable bonds is 2. The summed E-state index contributed by atoms with van der Waals surface area (Å²) in [5.41, 5.74) is 4.63. The highest BCUT2D eigenvalue weighted by molar-refractivity contribution is 5.44. The zero-order chi connectivity index (χ0) is 11.2. The van der Waals surface area contributed by atoms with Gasteiger partial charge in [0.25, 0.3) is 0 Å². The molecule has 16 heavy (non-hydrogen) atoms. The average molecular weight is 212 g/mol. The second-order valence-corrected chi connectivity index (χ2v) is 4.36. The summed E-state index contributed by atoms with van der Waals surface area (Å²) in [5.74, 6) is 0. The lowest BCUT2D eigenvalue weighted by atomic mass is 9.93. The van der Waals surface area contributed by atoms with E-state index in [0.29, 0.717) is 0 Å². The van der Waals surface area contributed by atoms with Crippen molar-refractivity contribution in [2.75, 3.05) is 0 Å². The van der Waals surface area contributed by atoms with Gasteiger partial charge >= 0.3 is 0 Å². The molecular formula is C16H20. The lowest BCUT2D eigenvalue weighted by Crippen LogP contribution is -1.93. The Morgan fingerprint density at radius 3 is 2.94 bits per heavy atom. The molecule has 0 aromatic rings. The van der Waals surface area contributed by atoms with E-state index in [4.69, 9.17) is 0 Å². The van der Waals surface area contributed by atoms with E-state index in [1.165, 1.54) is 30.4 Å². The first-order valence-corrected chi connectivity index (χ1v) is 6.33. The second-order valence-electron chi connectivity index (χ2n) is 4.36. The molecule has 0 aromatic heterocycles. The fraction of sp³-hybridized carbons (Fsp3) is 0.375. The number of hydrogen-bond donors (Lipinski definition) is 0. The summed E-state index contributed by atoms with van der Waals surface area (Å²) >= 11 is 0. The average Bonchev–Trinajstić information content (AvgIpc) is 2.70. The van der Waals surface area contributed by atoms with E-state index >= 15 is 0 Å². The second kappa shape index (κ2) is 5.69. The molecule has 0 saturated carbocycles. The van der Waals surface area contributed by atoms with Gasteiger partial charge in [0.05, 0.1) is 0 Å². The van der Waals surface area contributed by atoms with Crippen LogP contribution in [0.5, 0.6) is 0 Å². The van der Waals surface area contributed by atoms with Crippen LogP contribution in [0.4, 0.5) is 0 Å². The number of allylic oxidation sites excluding steroid dienone is 10. The summed E-state index contributed by atoms with van der Waals surface area (Å²) in [5, 5.41) is 0. The first-order chi connectivity index (χ1) is 7.92. The summed E-state index contributed by atoms with van der Waals surface area (Å²) in [7, 11) is 0. The third kappa shape index (κ3) is 2.63. The molecule has 0 atom stereocenters. The maximum absolute atomic E-state index is 2.33. The molecule has 0 fully saturated rings. The van der Waals surface area contributed by atoms with E-state index in [0.717, 1.165) is 12.8 Å². The summed E-state index contributed by atoms with van der Waals surface area (Å²) in [6, 6.07) is 0.